The van der Waals surface area contributed by atoms with Gasteiger partial charge in [-0.15, -0.1) is 0 Å². The molecule has 0 aliphatic carbocycles. The Morgan fingerprint density at radius 2 is 2.00 bits per heavy atom. The Labute approximate surface area is 101 Å². The highest BCUT2D eigenvalue weighted by Crippen LogP contribution is 2.10. The molecule has 1 rings (SSSR count). The Kier molecular flexibility index (Phi) is 6.35. The lowest BCUT2D eigenvalue weighted by Gasteiger charge is -1.96. The van der Waals surface area contributed by atoms with Crippen molar-refractivity contribution in [1.82, 2.24) is 0 Å². The lowest BCUT2D eigenvalue weighted by atomic mass is 10.1. The maximum absolute atomic E-state index is 9.73. The summed E-state index contributed by atoms with van der Waals surface area (Å²) < 4.78 is 4.46. The number of hydrogen-bond donors (Lipinski definition) is 0. The second-order valence-electron chi connectivity index (χ2n) is 3.38. The maximum Gasteiger partial charge on any atom is 0.417 e. The molecular formula is C13H14ClO2. The summed E-state index contributed by atoms with van der Waals surface area (Å²) in [5.74, 6) is 0. The molecule has 1 aromatic rings. The number of ether oxygens (including phenoxy) is 1. The van der Waals surface area contributed by atoms with Crippen LogP contribution in [0.1, 0.15) is 18.4 Å². The highest BCUT2D eigenvalue weighted by Gasteiger charge is 1.90. The van der Waals surface area contributed by atoms with E-state index in [9.17, 15) is 4.79 Å². The molecule has 3 heteroatoms. The fourth-order valence-electron chi connectivity index (χ4n) is 1.27. The molecular weight excluding hydrogens is 224 g/mol. The molecule has 16 heavy (non-hydrogen) atoms. The van der Waals surface area contributed by atoms with Crippen LogP contribution in [0.2, 0.25) is 5.02 Å². The normalized spacial score (nSPS) is 10.6. The number of hydrogen-bond acceptors (Lipinski definition) is 2. The van der Waals surface area contributed by atoms with E-state index in [1.54, 1.807) is 0 Å². The molecule has 2 nitrogen and oxygen atoms in total. The molecule has 0 atom stereocenters. The summed E-state index contributed by atoms with van der Waals surface area (Å²) in [4.78, 5) is 9.73. The van der Waals surface area contributed by atoms with E-state index in [-0.39, 0.29) is 0 Å². The molecule has 0 unspecified atom stereocenters. The minimum atomic E-state index is 0.439. The Morgan fingerprint density at radius 3 is 2.69 bits per heavy atom. The molecule has 0 aliphatic rings. The van der Waals surface area contributed by atoms with Crippen LogP contribution in [-0.2, 0) is 16.0 Å². The first kappa shape index (κ1) is 12.8. The summed E-state index contributed by atoms with van der Waals surface area (Å²) in [6.45, 7) is 1.84. The standard InChI is InChI=1S/C13H14ClO2/c14-13-8-6-12(7-9-13)5-3-1-2-4-10-16-11-15/h1,3,6-9H,2,4-5,10H2. The number of rotatable bonds is 7. The van der Waals surface area contributed by atoms with Crippen LogP contribution < -0.4 is 0 Å². The average molecular weight is 238 g/mol. The van der Waals surface area contributed by atoms with Crippen LogP contribution >= 0.6 is 11.6 Å². The van der Waals surface area contributed by atoms with Gasteiger partial charge in [-0.2, -0.15) is 0 Å². The van der Waals surface area contributed by atoms with Gasteiger partial charge in [0, 0.05) is 5.02 Å². The van der Waals surface area contributed by atoms with Gasteiger partial charge in [0.2, 0.25) is 0 Å². The van der Waals surface area contributed by atoms with Crippen molar-refractivity contribution in [3.8, 4) is 0 Å². The summed E-state index contributed by atoms with van der Waals surface area (Å²) in [5, 5.41) is 0.759. The molecule has 0 bridgehead atoms. The lowest BCUT2D eigenvalue weighted by molar-refractivity contribution is 0.274. The van der Waals surface area contributed by atoms with Crippen molar-refractivity contribution in [3.63, 3.8) is 0 Å². The predicted octanol–water partition coefficient (Wildman–Crippen LogP) is 3.30. The molecule has 0 spiro atoms. The Hall–Kier alpha value is -1.28. The summed E-state index contributed by atoms with van der Waals surface area (Å²) >= 11 is 5.78. The van der Waals surface area contributed by atoms with Crippen molar-refractivity contribution in [1.29, 1.82) is 0 Å². The fourth-order valence-corrected chi connectivity index (χ4v) is 1.40. The predicted molar refractivity (Wildman–Crippen MR) is 65.2 cm³/mol. The van der Waals surface area contributed by atoms with Crippen molar-refractivity contribution in [2.75, 3.05) is 6.61 Å². The van der Waals surface area contributed by atoms with Gasteiger partial charge in [-0.25, -0.2) is 4.79 Å². The Morgan fingerprint density at radius 1 is 1.25 bits per heavy atom. The van der Waals surface area contributed by atoms with Crippen molar-refractivity contribution in [2.24, 2.45) is 0 Å². The minimum absolute atomic E-state index is 0.439. The van der Waals surface area contributed by atoms with Crippen molar-refractivity contribution < 1.29 is 9.53 Å². The molecule has 0 aliphatic heterocycles. The van der Waals surface area contributed by atoms with Crippen LogP contribution in [0.25, 0.3) is 0 Å². The van der Waals surface area contributed by atoms with Crippen LogP contribution in [0.5, 0.6) is 0 Å². The SMILES string of the molecule is O=[C]OCCCC=CCc1ccc(Cl)cc1. The van der Waals surface area contributed by atoms with E-state index in [4.69, 9.17) is 11.6 Å². The third-order valence-electron chi connectivity index (χ3n) is 2.11. The van der Waals surface area contributed by atoms with Gasteiger partial charge in [-0.05, 0) is 37.0 Å². The van der Waals surface area contributed by atoms with Crippen LogP contribution in [0.15, 0.2) is 36.4 Å². The van der Waals surface area contributed by atoms with E-state index in [0.717, 1.165) is 24.3 Å². The van der Waals surface area contributed by atoms with E-state index < -0.39 is 0 Å². The molecule has 0 N–H and O–H groups in total. The zero-order chi connectivity index (χ0) is 11.6. The number of benzene rings is 1. The molecule has 0 amide bonds. The highest BCUT2D eigenvalue weighted by molar-refractivity contribution is 6.30. The molecule has 85 valence electrons. The molecule has 0 saturated carbocycles. The lowest BCUT2D eigenvalue weighted by Crippen LogP contribution is -1.89. The molecule has 1 radical (unpaired) electrons. The van der Waals surface area contributed by atoms with Gasteiger partial charge in [-0.3, -0.25) is 0 Å². The van der Waals surface area contributed by atoms with Gasteiger partial charge in [0.05, 0.1) is 6.61 Å². The van der Waals surface area contributed by atoms with E-state index >= 15 is 0 Å². The summed E-state index contributed by atoms with van der Waals surface area (Å²) in [5.41, 5.74) is 1.23. The Balaban J connectivity index is 2.16. The first-order valence-electron chi connectivity index (χ1n) is 5.21. The number of unbranched alkanes of at least 4 members (excludes halogenated alkanes) is 1. The molecule has 0 heterocycles. The first-order chi connectivity index (χ1) is 7.83. The van der Waals surface area contributed by atoms with Gasteiger partial charge >= 0.3 is 6.47 Å². The largest absolute Gasteiger partial charge is 0.457 e. The van der Waals surface area contributed by atoms with Crippen molar-refractivity contribution >= 4 is 18.1 Å². The van der Waals surface area contributed by atoms with E-state index in [2.05, 4.69) is 16.9 Å². The van der Waals surface area contributed by atoms with Crippen molar-refractivity contribution in [3.05, 3.63) is 47.0 Å². The molecule has 0 aromatic heterocycles. The Bertz CT molecular complexity index is 330. The quantitative estimate of drug-likeness (QED) is 0.537. The van der Waals surface area contributed by atoms with Gasteiger partial charge in [-0.1, -0.05) is 35.9 Å². The van der Waals surface area contributed by atoms with Gasteiger partial charge in [0.1, 0.15) is 0 Å². The van der Waals surface area contributed by atoms with Crippen LogP contribution in [0.3, 0.4) is 0 Å². The molecule has 1 aromatic carbocycles. The van der Waals surface area contributed by atoms with Crippen LogP contribution in [-0.4, -0.2) is 13.1 Å². The number of allylic oxidation sites excluding steroid dienone is 2. The number of carbonyl (C=O) groups excluding carboxylic acids is 1. The van der Waals surface area contributed by atoms with Crippen LogP contribution in [0.4, 0.5) is 0 Å². The fraction of sp³-hybridized carbons (Fsp3) is 0.308. The second-order valence-corrected chi connectivity index (χ2v) is 3.81. The monoisotopic (exact) mass is 237 g/mol. The number of halogens is 1. The first-order valence-corrected chi connectivity index (χ1v) is 5.59. The topological polar surface area (TPSA) is 26.3 Å². The zero-order valence-electron chi connectivity index (χ0n) is 8.99. The molecule has 0 saturated heterocycles. The summed E-state index contributed by atoms with van der Waals surface area (Å²) in [6.07, 6.45) is 6.84. The van der Waals surface area contributed by atoms with E-state index in [1.165, 1.54) is 12.0 Å². The molecule has 0 fully saturated rings. The minimum Gasteiger partial charge on any atom is -0.457 e. The average Bonchev–Trinajstić information content (AvgIpc) is 2.30. The second kappa shape index (κ2) is 7.94. The highest BCUT2D eigenvalue weighted by atomic mass is 35.5. The third kappa shape index (κ3) is 5.56. The summed E-state index contributed by atoms with van der Waals surface area (Å²) in [6, 6.07) is 7.80. The maximum atomic E-state index is 9.73. The summed E-state index contributed by atoms with van der Waals surface area (Å²) in [7, 11) is 0. The third-order valence-corrected chi connectivity index (χ3v) is 2.36. The van der Waals surface area contributed by atoms with Gasteiger partial charge in [0.25, 0.3) is 0 Å². The van der Waals surface area contributed by atoms with Gasteiger partial charge in [0.15, 0.2) is 0 Å². The van der Waals surface area contributed by atoms with Gasteiger partial charge < -0.3 is 4.74 Å². The van der Waals surface area contributed by atoms with E-state index in [1.807, 2.05) is 24.3 Å². The van der Waals surface area contributed by atoms with Crippen LogP contribution in [0, 0.1) is 0 Å². The van der Waals surface area contributed by atoms with E-state index in [0.29, 0.717) is 6.61 Å². The smallest absolute Gasteiger partial charge is 0.417 e. The zero-order valence-corrected chi connectivity index (χ0v) is 9.74. The van der Waals surface area contributed by atoms with Crippen molar-refractivity contribution in [2.45, 2.75) is 19.3 Å².